The number of aromatic amines is 1. The Morgan fingerprint density at radius 2 is 1.77 bits per heavy atom. The molecule has 19 nitrogen and oxygen atoms in total. The average molecular weight is 1380 g/mol. The number of fused-ring (bicyclic) bond motifs is 2. The van der Waals surface area contributed by atoms with Crippen LogP contribution in [0.15, 0.2) is 132 Å². The predicted octanol–water partition coefficient (Wildman–Crippen LogP) is 11.4. The Bertz CT molecular complexity index is 3700. The second-order valence-electron chi connectivity index (χ2n) is 24.3. The quantitative estimate of drug-likeness (QED) is 0.0503. The molecule has 2 aliphatic carbocycles. The maximum atomic E-state index is 13.7. The van der Waals surface area contributed by atoms with E-state index >= 15 is 0 Å². The van der Waals surface area contributed by atoms with Gasteiger partial charge in [0.05, 0.1) is 63.2 Å². The summed E-state index contributed by atoms with van der Waals surface area (Å²) in [6.45, 7) is 9.37. The Balaban J connectivity index is 0.000000131. The molecule has 0 amide bonds. The van der Waals surface area contributed by atoms with E-state index in [4.69, 9.17) is 64.6 Å². The molecule has 3 fully saturated rings. The number of nitroso groups, excluding NO2 is 1. The number of benzene rings is 4. The maximum Gasteiger partial charge on any atom is 0.351 e. The lowest BCUT2D eigenvalue weighted by Gasteiger charge is -2.47. The zero-order valence-electron chi connectivity index (χ0n) is 52.4. The number of anilines is 1. The first-order chi connectivity index (χ1) is 44.9. The number of hydrogen-bond acceptors (Lipinski definition) is 17. The van der Waals surface area contributed by atoms with Crippen molar-refractivity contribution in [1.82, 2.24) is 38.9 Å². The molecule has 4 aromatic carbocycles. The highest BCUT2D eigenvalue weighted by atomic mass is 35.5. The number of rotatable bonds is 14. The van der Waals surface area contributed by atoms with Gasteiger partial charge in [0, 0.05) is 105 Å². The van der Waals surface area contributed by atoms with Crippen LogP contribution in [0.1, 0.15) is 83.4 Å². The lowest BCUT2D eigenvalue weighted by Crippen LogP contribution is -2.50. The molecule has 500 valence electrons. The summed E-state index contributed by atoms with van der Waals surface area (Å²) in [7, 11) is 3.84. The van der Waals surface area contributed by atoms with E-state index in [2.05, 4.69) is 91.4 Å². The van der Waals surface area contributed by atoms with Crippen LogP contribution in [0.2, 0.25) is 15.1 Å². The van der Waals surface area contributed by atoms with Crippen LogP contribution in [0.5, 0.6) is 11.5 Å². The molecule has 7 aliphatic rings. The van der Waals surface area contributed by atoms with Gasteiger partial charge in [0.2, 0.25) is 6.23 Å². The number of nitrogens with zero attached hydrogens (tertiary/aromatic N) is 8. The number of aliphatic hydroxyl groups is 3. The number of likely N-dealkylation sites (tertiary alicyclic amines) is 1. The maximum absolute atomic E-state index is 13.7. The second-order valence-corrected chi connectivity index (χ2v) is 27.7. The summed E-state index contributed by atoms with van der Waals surface area (Å²) in [6.07, 6.45) is 14.6. The fourth-order valence-corrected chi connectivity index (χ4v) is 16.3. The smallest absolute Gasteiger partial charge is 0.351 e. The third-order valence-electron chi connectivity index (χ3n) is 18.1. The summed E-state index contributed by atoms with van der Waals surface area (Å²) in [4.78, 5) is 37.3. The number of nitrogens with two attached hydrogens (primary N) is 1. The third kappa shape index (κ3) is 16.2. The van der Waals surface area contributed by atoms with Crippen molar-refractivity contribution in [3.05, 3.63) is 186 Å². The Morgan fingerprint density at radius 1 is 0.989 bits per heavy atom. The summed E-state index contributed by atoms with van der Waals surface area (Å²) in [5.41, 5.74) is 13.5. The van der Waals surface area contributed by atoms with Gasteiger partial charge >= 0.3 is 11.6 Å². The fraction of sp³-hybridized carbons (Fsp3) is 0.478. The van der Waals surface area contributed by atoms with Crippen LogP contribution in [0.3, 0.4) is 0 Å². The molecule has 5 aliphatic heterocycles. The number of piperidine rings is 1. The standard InChI is InChI=1S/C19H26N2S.C18H15Cl3N2S.C17H21NO3.C9H11F2N3O4.C4H8N2O2/c1-3-7-21-11-13(12-22-2)8-16-15-5-4-6-17-19(15)14(10-20-17)9-18(16)21;19-14-3-1-13(2-4-14)11-24-18(10-23-8-7-22-12-23)16-6-5-15(20)9-17(16)21;1-18-8-7-17-6-5-12(19)9-14(17)21-16-13(20-2)4-3-11(10-18)15(16)17;10-9(11)6(16)4(3-15)18-7(9)14-2-1-5(12)13-8(14)17;7-5-6-1-3-8-4-2-6/h4-6,10,13,16,18,20H,3,7-9,11-12H2,1-2H3;1-9,12,18H,10-11H2;3-6,12,14,19H,7-10H2,1-2H3;1-2,4,6-7,15-16H,3H2,(H2,12,13,17);1-4H2/t13-,16-,18-;;12-,14-,17-;4-,6-,7-;/m1.01./s1. The number of thioether (sulfide) groups is 2. The van der Waals surface area contributed by atoms with Gasteiger partial charge < -0.3 is 54.5 Å². The number of methoxy groups -OCH3 is 1. The summed E-state index contributed by atoms with van der Waals surface area (Å²) in [5, 5.41) is 36.1. The summed E-state index contributed by atoms with van der Waals surface area (Å²) >= 11 is 22.3. The largest absolute Gasteiger partial charge is 0.493 e. The molecule has 8 heterocycles. The minimum absolute atomic E-state index is 0.00838. The number of aliphatic hydroxyl groups excluding tert-OH is 3. The Labute approximate surface area is 563 Å². The lowest BCUT2D eigenvalue weighted by molar-refractivity contribution is -0.140. The van der Waals surface area contributed by atoms with Crippen LogP contribution in [0.4, 0.5) is 14.6 Å². The minimum Gasteiger partial charge on any atom is -0.493 e. The number of nitrogen functional groups attached to an aromatic ring is 1. The van der Waals surface area contributed by atoms with Crippen molar-refractivity contribution in [2.45, 2.75) is 117 Å². The van der Waals surface area contributed by atoms with Gasteiger partial charge in [-0.1, -0.05) is 90.3 Å². The topological polar surface area (TPSA) is 231 Å². The molecule has 1 spiro atoms. The monoisotopic (exact) mass is 1380 g/mol. The second kappa shape index (κ2) is 31.8. The Kier molecular flexibility index (Phi) is 24.0. The van der Waals surface area contributed by atoms with Gasteiger partial charge in [-0.2, -0.15) is 25.5 Å². The molecule has 93 heavy (non-hydrogen) atoms. The first-order valence-electron chi connectivity index (χ1n) is 31.2. The molecule has 6 N–H and O–H groups in total. The predicted molar refractivity (Wildman–Crippen MR) is 364 cm³/mol. The third-order valence-corrected chi connectivity index (χ3v) is 21.0. The van der Waals surface area contributed by atoms with Crippen LogP contribution in [-0.2, 0) is 40.2 Å². The molecule has 7 aromatic rings. The van der Waals surface area contributed by atoms with E-state index in [0.29, 0.717) is 53.4 Å². The van der Waals surface area contributed by atoms with Gasteiger partial charge in [-0.25, -0.2) is 9.78 Å². The first kappa shape index (κ1) is 70.0. The lowest BCUT2D eigenvalue weighted by atomic mass is 9.69. The molecule has 10 atom stereocenters. The SMILES string of the molecule is CCCN1C[C@H](CSC)C[C@@H]2c3cccc4[nH]cc(c34)C[C@H]21.COc1ccc2c3c1O[C@H]1C[C@@H](O)C=C[C@@]31CCN(C)C2.Clc1ccc(CSC(Cn2ccnc2)c2ccc(Cl)cc2Cl)cc1.Nc1ccn([C@@H]2O[C@H](CO)[C@@H](O)C2(F)F)c(=O)n1.O=NN1CCOCC1. The van der Waals surface area contributed by atoms with Crippen molar-refractivity contribution < 1.29 is 43.0 Å². The Hall–Kier alpha value is -5.80. The number of ether oxygens (including phenoxy) is 4. The van der Waals surface area contributed by atoms with Gasteiger partial charge in [-0.05, 0) is 134 Å². The number of halogens is 5. The summed E-state index contributed by atoms with van der Waals surface area (Å²) in [5.74, 6) is 1.60. The van der Waals surface area contributed by atoms with E-state index < -0.39 is 42.8 Å². The number of H-pyrrole nitrogens is 1. The number of aromatic nitrogens is 5. The molecule has 0 bridgehead atoms. The molecule has 26 heteroatoms. The van der Waals surface area contributed by atoms with Gasteiger partial charge in [0.25, 0.3) is 0 Å². The van der Waals surface area contributed by atoms with Crippen molar-refractivity contribution in [2.24, 2.45) is 11.2 Å². The molecule has 0 saturated carbocycles. The van der Waals surface area contributed by atoms with Crippen LogP contribution >= 0.6 is 58.3 Å². The number of nitrogens with one attached hydrogen (secondary N) is 1. The number of morpholine rings is 1. The van der Waals surface area contributed by atoms with Gasteiger partial charge in [0.1, 0.15) is 18.0 Å². The first-order valence-corrected chi connectivity index (χ1v) is 34.8. The molecule has 14 rings (SSSR count). The van der Waals surface area contributed by atoms with Crippen molar-refractivity contribution in [3.8, 4) is 11.5 Å². The van der Waals surface area contributed by atoms with E-state index in [1.165, 1.54) is 76.3 Å². The number of alkyl halides is 2. The molecule has 3 saturated heterocycles. The number of hydrogen-bond donors (Lipinski definition) is 5. The Morgan fingerprint density at radius 3 is 2.45 bits per heavy atom. The van der Waals surface area contributed by atoms with E-state index in [-0.39, 0.29) is 22.6 Å². The van der Waals surface area contributed by atoms with E-state index in [1.54, 1.807) is 24.9 Å². The normalized spacial score (nSPS) is 25.1. The molecular weight excluding hydrogens is 1300 g/mol. The van der Waals surface area contributed by atoms with Crippen LogP contribution in [0.25, 0.3) is 10.9 Å². The van der Waals surface area contributed by atoms with Crippen molar-refractivity contribution in [2.75, 3.05) is 84.4 Å². The zero-order valence-corrected chi connectivity index (χ0v) is 56.3. The molecule has 1 unspecified atom stereocenters. The van der Waals surface area contributed by atoms with Crippen molar-refractivity contribution in [3.63, 3.8) is 0 Å². The van der Waals surface area contributed by atoms with Gasteiger partial charge in [0.15, 0.2) is 17.6 Å². The van der Waals surface area contributed by atoms with Crippen molar-refractivity contribution in [1.29, 1.82) is 0 Å². The molecular formula is C67H81Cl3F2N10O9S2. The fourth-order valence-electron chi connectivity index (χ4n) is 13.6. The molecule has 0 radical (unpaired) electrons. The van der Waals surface area contributed by atoms with Crippen LogP contribution in [-0.4, -0.2) is 169 Å². The number of imidazole rings is 1. The molecule has 3 aromatic heterocycles. The highest BCUT2D eigenvalue weighted by Crippen LogP contribution is 2.56. The minimum atomic E-state index is -3.71. The average Bonchev–Trinajstić information content (AvgIpc) is 1.61. The van der Waals surface area contributed by atoms with Gasteiger partial charge in [-0.15, -0.1) is 16.7 Å². The van der Waals surface area contributed by atoms with E-state index in [1.807, 2.05) is 84.6 Å². The highest BCUT2D eigenvalue weighted by Gasteiger charge is 2.59. The van der Waals surface area contributed by atoms with E-state index in [9.17, 15) is 28.7 Å². The van der Waals surface area contributed by atoms with Gasteiger partial charge in [-0.3, -0.25) is 14.5 Å². The zero-order chi connectivity index (χ0) is 66.0. The highest BCUT2D eigenvalue weighted by molar-refractivity contribution is 7.98. The summed E-state index contributed by atoms with van der Waals surface area (Å²) < 4.78 is 51.5. The van der Waals surface area contributed by atoms with E-state index in [0.717, 1.165) is 78.0 Å². The van der Waals surface area contributed by atoms with Crippen LogP contribution in [0, 0.1) is 10.8 Å². The van der Waals surface area contributed by atoms with Crippen molar-refractivity contribution >= 4 is 75.0 Å². The van der Waals surface area contributed by atoms with Crippen LogP contribution < -0.4 is 20.9 Å². The summed E-state index contributed by atoms with van der Waals surface area (Å²) in [6, 6.07) is 26.5.